The van der Waals surface area contributed by atoms with E-state index in [1.165, 1.54) is 6.07 Å². The summed E-state index contributed by atoms with van der Waals surface area (Å²) in [4.78, 5) is 27.8. The maximum absolute atomic E-state index is 14.2. The van der Waals surface area contributed by atoms with E-state index in [9.17, 15) is 9.18 Å². The monoisotopic (exact) mass is 495 g/mol. The lowest BCUT2D eigenvalue weighted by molar-refractivity contribution is -0.141. The third-order valence-electron chi connectivity index (χ3n) is 8.13. The molecule has 36 heavy (non-hydrogen) atoms. The average molecular weight is 496 g/mol. The number of nitrogens with one attached hydrogen (secondary N) is 1. The number of hydrogen-bond donors (Lipinski definition) is 1. The predicted octanol–water partition coefficient (Wildman–Crippen LogP) is 3.99. The fraction of sp³-hybridized carbons (Fsp3) is 0.607. The lowest BCUT2D eigenvalue weighted by atomic mass is 9.79. The normalized spacial score (nSPS) is 25.6. The molecule has 0 radical (unpaired) electrons. The molecule has 5 rings (SSSR count). The van der Waals surface area contributed by atoms with Crippen LogP contribution in [-0.2, 0) is 22.5 Å². The summed E-state index contributed by atoms with van der Waals surface area (Å²) in [5, 5.41) is 3.45. The number of hydrogen-bond acceptors (Lipinski definition) is 6. The van der Waals surface area contributed by atoms with E-state index < -0.39 is 0 Å². The maximum atomic E-state index is 14.2. The van der Waals surface area contributed by atoms with Gasteiger partial charge in [-0.15, -0.1) is 0 Å². The summed E-state index contributed by atoms with van der Waals surface area (Å²) in [7, 11) is 0. The van der Waals surface area contributed by atoms with E-state index in [0.717, 1.165) is 68.8 Å². The van der Waals surface area contributed by atoms with Crippen LogP contribution < -0.4 is 5.32 Å². The Morgan fingerprint density at radius 3 is 2.78 bits per heavy atom. The highest BCUT2D eigenvalue weighted by Crippen LogP contribution is 2.36. The summed E-state index contributed by atoms with van der Waals surface area (Å²) < 4.78 is 19.6. The minimum absolute atomic E-state index is 0.0332. The van der Waals surface area contributed by atoms with Crippen molar-refractivity contribution in [3.63, 3.8) is 0 Å². The van der Waals surface area contributed by atoms with Gasteiger partial charge in [-0.3, -0.25) is 4.79 Å². The summed E-state index contributed by atoms with van der Waals surface area (Å²) in [6.07, 6.45) is 5.32. The number of benzene rings is 1. The van der Waals surface area contributed by atoms with Crippen LogP contribution in [0, 0.1) is 11.7 Å². The highest BCUT2D eigenvalue weighted by Gasteiger charge is 2.40. The Balaban J connectivity index is 1.36. The number of amides is 1. The van der Waals surface area contributed by atoms with Crippen molar-refractivity contribution in [3.8, 4) is 0 Å². The Hall–Kier alpha value is -2.58. The minimum Gasteiger partial charge on any atom is -0.381 e. The second-order valence-electron chi connectivity index (χ2n) is 10.9. The Labute approximate surface area is 213 Å². The van der Waals surface area contributed by atoms with Crippen LogP contribution in [0.25, 0.3) is 0 Å². The molecule has 2 fully saturated rings. The third-order valence-corrected chi connectivity index (χ3v) is 8.13. The molecular formula is C28H38FN5O2. The first-order valence-electron chi connectivity index (χ1n) is 13.4. The Kier molecular flexibility index (Phi) is 7.53. The zero-order chi connectivity index (χ0) is 25.2. The van der Waals surface area contributed by atoms with Gasteiger partial charge in [0.25, 0.3) is 0 Å². The van der Waals surface area contributed by atoms with Crippen molar-refractivity contribution in [1.29, 1.82) is 0 Å². The van der Waals surface area contributed by atoms with Crippen LogP contribution in [0.4, 0.5) is 10.3 Å². The van der Waals surface area contributed by atoms with Crippen molar-refractivity contribution in [1.82, 2.24) is 19.8 Å². The van der Waals surface area contributed by atoms with Crippen LogP contribution in [0.2, 0.25) is 0 Å². The number of piperidine rings is 1. The number of likely N-dealkylation sites (tertiary alicyclic amines) is 1. The van der Waals surface area contributed by atoms with Gasteiger partial charge < -0.3 is 19.9 Å². The number of aromatic nitrogens is 2. The Morgan fingerprint density at radius 1 is 1.22 bits per heavy atom. The Bertz CT molecular complexity index is 1070. The minimum atomic E-state index is -0.248. The van der Waals surface area contributed by atoms with Gasteiger partial charge in [-0.1, -0.05) is 12.1 Å². The molecule has 1 amide bonds. The van der Waals surface area contributed by atoms with Gasteiger partial charge in [-0.25, -0.2) is 14.4 Å². The molecule has 3 aliphatic heterocycles. The summed E-state index contributed by atoms with van der Waals surface area (Å²) in [5.74, 6) is 0.331. The number of nitrogens with zero attached hydrogens (tertiary/aromatic N) is 4. The molecule has 4 heterocycles. The largest absolute Gasteiger partial charge is 0.381 e. The zero-order valence-corrected chi connectivity index (χ0v) is 21.6. The molecule has 3 aliphatic rings. The predicted molar refractivity (Wildman–Crippen MR) is 137 cm³/mol. The van der Waals surface area contributed by atoms with Gasteiger partial charge in [0.05, 0.1) is 12.2 Å². The van der Waals surface area contributed by atoms with Gasteiger partial charge in [-0.2, -0.15) is 0 Å². The fourth-order valence-corrected chi connectivity index (χ4v) is 5.91. The van der Waals surface area contributed by atoms with Crippen molar-refractivity contribution in [3.05, 3.63) is 53.1 Å². The standard InChI is InChI=1S/C28H38FN5O2/c1-18(2)33-10-7-24(25(16-33)20-5-4-6-22(29)14-20)27(35)34-17-26-21(13-19(34)3)15-30-28(32-26)31-23-8-11-36-12-9-23/h4-6,14-15,18-19,23-25H,7-13,16-17H2,1-3H3,(H,30,31,32)/t19-,24+,25-/m1/s1. The second kappa shape index (κ2) is 10.8. The van der Waals surface area contributed by atoms with E-state index in [4.69, 9.17) is 9.72 Å². The molecule has 3 atom stereocenters. The first kappa shape index (κ1) is 25.1. The van der Waals surface area contributed by atoms with Gasteiger partial charge in [-0.05, 0) is 76.3 Å². The van der Waals surface area contributed by atoms with Crippen LogP contribution >= 0.6 is 0 Å². The fourth-order valence-electron chi connectivity index (χ4n) is 5.91. The highest BCUT2D eigenvalue weighted by molar-refractivity contribution is 5.81. The van der Waals surface area contributed by atoms with Crippen molar-refractivity contribution in [2.45, 2.75) is 77.0 Å². The lowest BCUT2D eigenvalue weighted by Gasteiger charge is -2.43. The molecule has 0 unspecified atom stereocenters. The molecule has 1 N–H and O–H groups in total. The summed E-state index contributed by atoms with van der Waals surface area (Å²) in [6.45, 7) is 10.1. The maximum Gasteiger partial charge on any atom is 0.227 e. The van der Waals surface area contributed by atoms with Gasteiger partial charge in [0, 0.05) is 55.9 Å². The van der Waals surface area contributed by atoms with E-state index in [1.807, 2.05) is 17.2 Å². The molecule has 7 nitrogen and oxygen atoms in total. The molecule has 194 valence electrons. The van der Waals surface area contributed by atoms with Crippen molar-refractivity contribution < 1.29 is 13.9 Å². The lowest BCUT2D eigenvalue weighted by Crippen LogP contribution is -2.51. The molecule has 1 aromatic carbocycles. The van der Waals surface area contributed by atoms with Crippen molar-refractivity contribution in [2.75, 3.05) is 31.6 Å². The molecule has 0 saturated carbocycles. The summed E-state index contributed by atoms with van der Waals surface area (Å²) in [6, 6.07) is 7.56. The first-order chi connectivity index (χ1) is 17.4. The number of fused-ring (bicyclic) bond motifs is 1. The van der Waals surface area contributed by atoms with Crippen LogP contribution in [0.3, 0.4) is 0 Å². The topological polar surface area (TPSA) is 70.6 Å². The molecule has 0 spiro atoms. The number of carbonyl (C=O) groups excluding carboxylic acids is 1. The molecule has 0 bridgehead atoms. The highest BCUT2D eigenvalue weighted by atomic mass is 19.1. The number of ether oxygens (including phenoxy) is 1. The molecule has 1 aromatic heterocycles. The molecule has 2 aromatic rings. The number of anilines is 1. The molecular weight excluding hydrogens is 457 g/mol. The average Bonchev–Trinajstić information content (AvgIpc) is 2.88. The van der Waals surface area contributed by atoms with E-state index in [0.29, 0.717) is 24.6 Å². The van der Waals surface area contributed by atoms with Gasteiger partial charge in [0.2, 0.25) is 11.9 Å². The van der Waals surface area contributed by atoms with E-state index >= 15 is 0 Å². The van der Waals surface area contributed by atoms with Crippen LogP contribution in [0.5, 0.6) is 0 Å². The van der Waals surface area contributed by atoms with Gasteiger partial charge in [0.1, 0.15) is 5.82 Å². The number of rotatable bonds is 5. The van der Waals surface area contributed by atoms with Crippen LogP contribution in [0.1, 0.15) is 62.8 Å². The van der Waals surface area contributed by atoms with Crippen LogP contribution in [0.15, 0.2) is 30.5 Å². The van der Waals surface area contributed by atoms with E-state index in [2.05, 4.69) is 36.0 Å². The number of carbonyl (C=O) groups is 1. The first-order valence-corrected chi connectivity index (χ1v) is 13.4. The van der Waals surface area contributed by atoms with Crippen LogP contribution in [-0.4, -0.2) is 70.1 Å². The third kappa shape index (κ3) is 5.39. The van der Waals surface area contributed by atoms with Gasteiger partial charge in [0.15, 0.2) is 0 Å². The van der Waals surface area contributed by atoms with E-state index in [-0.39, 0.29) is 29.6 Å². The zero-order valence-electron chi connectivity index (χ0n) is 21.6. The Morgan fingerprint density at radius 2 is 2.03 bits per heavy atom. The summed E-state index contributed by atoms with van der Waals surface area (Å²) >= 11 is 0. The summed E-state index contributed by atoms with van der Waals surface area (Å²) in [5.41, 5.74) is 2.95. The molecule has 8 heteroatoms. The molecule has 2 saturated heterocycles. The van der Waals surface area contributed by atoms with Crippen molar-refractivity contribution >= 4 is 11.9 Å². The van der Waals surface area contributed by atoms with Gasteiger partial charge >= 0.3 is 0 Å². The van der Waals surface area contributed by atoms with Crippen molar-refractivity contribution in [2.24, 2.45) is 5.92 Å². The SMILES string of the molecule is CC(C)N1CC[C@H](C(=O)N2Cc3nc(NC4CCOCC4)ncc3C[C@H]2C)[C@@H](c2cccc(F)c2)C1. The van der Waals surface area contributed by atoms with E-state index in [1.54, 1.807) is 12.1 Å². The second-order valence-corrected chi connectivity index (χ2v) is 10.9. The smallest absolute Gasteiger partial charge is 0.227 e. The quantitative estimate of drug-likeness (QED) is 0.676. The number of halogens is 1. The molecule has 0 aliphatic carbocycles.